The van der Waals surface area contributed by atoms with Crippen LogP contribution >= 0.6 is 11.8 Å². The lowest BCUT2D eigenvalue weighted by molar-refractivity contribution is 0.0963. The summed E-state index contributed by atoms with van der Waals surface area (Å²) in [7, 11) is 1.62. The van der Waals surface area contributed by atoms with E-state index in [-0.39, 0.29) is 5.91 Å². The first-order valence-electron chi connectivity index (χ1n) is 8.75. The maximum Gasteiger partial charge on any atom is 0.251 e. The van der Waals surface area contributed by atoms with E-state index in [1.165, 1.54) is 4.90 Å². The van der Waals surface area contributed by atoms with Gasteiger partial charge < -0.3 is 10.6 Å². The third-order valence-corrected chi connectivity index (χ3v) is 5.15. The zero-order valence-corrected chi connectivity index (χ0v) is 16.3. The number of imidazole rings is 1. The van der Waals surface area contributed by atoms with Gasteiger partial charge >= 0.3 is 0 Å². The van der Waals surface area contributed by atoms with E-state index in [0.29, 0.717) is 5.56 Å². The molecule has 0 aliphatic heterocycles. The Balaban J connectivity index is 1.80. The van der Waals surface area contributed by atoms with Gasteiger partial charge in [0.2, 0.25) is 0 Å². The topological polar surface area (TPSA) is 71.3 Å². The molecule has 4 aromatic rings. The Labute approximate surface area is 167 Å². The normalized spacial score (nSPS) is 10.8. The van der Waals surface area contributed by atoms with Crippen molar-refractivity contribution in [2.24, 2.45) is 0 Å². The van der Waals surface area contributed by atoms with E-state index in [9.17, 15) is 4.79 Å². The third kappa shape index (κ3) is 3.44. The van der Waals surface area contributed by atoms with Crippen LogP contribution in [0.5, 0.6) is 0 Å². The molecule has 2 aromatic carbocycles. The monoisotopic (exact) mass is 389 g/mol. The Morgan fingerprint density at radius 3 is 2.71 bits per heavy atom. The minimum Gasteiger partial charge on any atom is -0.355 e. The van der Waals surface area contributed by atoms with Gasteiger partial charge in [-0.2, -0.15) is 0 Å². The van der Waals surface area contributed by atoms with E-state index < -0.39 is 0 Å². The van der Waals surface area contributed by atoms with Gasteiger partial charge in [0.15, 0.2) is 5.65 Å². The van der Waals surface area contributed by atoms with Gasteiger partial charge in [-0.3, -0.25) is 14.2 Å². The molecule has 0 bridgehead atoms. The van der Waals surface area contributed by atoms with Gasteiger partial charge in [0.05, 0.1) is 6.20 Å². The van der Waals surface area contributed by atoms with Crippen LogP contribution in [0.15, 0.2) is 72.0 Å². The molecule has 0 fully saturated rings. The SMILES string of the molecule is CNC(=O)c1cccc(Nc2c(-c3ccc(SC)cc3)nc3cnccn23)c1. The second kappa shape index (κ2) is 7.74. The predicted octanol–water partition coefficient (Wildman–Crippen LogP) is 4.22. The summed E-state index contributed by atoms with van der Waals surface area (Å²) in [5.74, 6) is 0.697. The number of benzene rings is 2. The first-order chi connectivity index (χ1) is 13.7. The fraction of sp³-hybridized carbons (Fsp3) is 0.0952. The van der Waals surface area contributed by atoms with Crippen molar-refractivity contribution in [1.82, 2.24) is 19.7 Å². The smallest absolute Gasteiger partial charge is 0.251 e. The minimum absolute atomic E-state index is 0.126. The summed E-state index contributed by atoms with van der Waals surface area (Å²) in [6.45, 7) is 0. The lowest BCUT2D eigenvalue weighted by atomic mass is 10.1. The average molecular weight is 389 g/mol. The highest BCUT2D eigenvalue weighted by atomic mass is 32.2. The van der Waals surface area contributed by atoms with Gasteiger partial charge in [0, 0.05) is 41.2 Å². The average Bonchev–Trinajstić information content (AvgIpc) is 3.12. The molecule has 0 saturated heterocycles. The van der Waals surface area contributed by atoms with Gasteiger partial charge in [-0.15, -0.1) is 11.8 Å². The molecule has 0 radical (unpaired) electrons. The molecule has 7 heteroatoms. The van der Waals surface area contributed by atoms with Crippen molar-refractivity contribution in [2.75, 3.05) is 18.6 Å². The number of aromatic nitrogens is 3. The number of hydrogen-bond acceptors (Lipinski definition) is 5. The van der Waals surface area contributed by atoms with E-state index >= 15 is 0 Å². The van der Waals surface area contributed by atoms with Crippen LogP contribution in [0.1, 0.15) is 10.4 Å². The van der Waals surface area contributed by atoms with Gasteiger partial charge in [0.1, 0.15) is 11.5 Å². The lowest BCUT2D eigenvalue weighted by Crippen LogP contribution is -2.17. The summed E-state index contributed by atoms with van der Waals surface area (Å²) in [5, 5.41) is 6.08. The van der Waals surface area contributed by atoms with Crippen LogP contribution < -0.4 is 10.6 Å². The number of amides is 1. The summed E-state index contributed by atoms with van der Waals surface area (Å²) in [6, 6.07) is 15.7. The number of carbonyl (C=O) groups excluding carboxylic acids is 1. The number of nitrogens with one attached hydrogen (secondary N) is 2. The first-order valence-corrected chi connectivity index (χ1v) is 9.98. The van der Waals surface area contributed by atoms with Crippen LogP contribution in [0.25, 0.3) is 16.9 Å². The van der Waals surface area contributed by atoms with E-state index in [2.05, 4.69) is 46.1 Å². The molecule has 6 nitrogen and oxygen atoms in total. The van der Waals surface area contributed by atoms with Crippen molar-refractivity contribution < 1.29 is 4.79 Å². The summed E-state index contributed by atoms with van der Waals surface area (Å²) in [4.78, 5) is 22.1. The maximum atomic E-state index is 12.0. The molecule has 0 spiro atoms. The quantitative estimate of drug-likeness (QED) is 0.500. The summed E-state index contributed by atoms with van der Waals surface area (Å²) >= 11 is 1.70. The Kier molecular flexibility index (Phi) is 4.99. The molecular formula is C21H19N5OS. The Morgan fingerprint density at radius 1 is 1.14 bits per heavy atom. The van der Waals surface area contributed by atoms with Gasteiger partial charge in [0.25, 0.3) is 5.91 Å². The lowest BCUT2D eigenvalue weighted by Gasteiger charge is -2.10. The number of fused-ring (bicyclic) bond motifs is 1. The number of anilines is 2. The first kappa shape index (κ1) is 18.1. The number of hydrogen-bond donors (Lipinski definition) is 2. The van der Waals surface area contributed by atoms with Crippen LogP contribution in [0.4, 0.5) is 11.5 Å². The summed E-state index contributed by atoms with van der Waals surface area (Å²) in [5.41, 5.74) is 3.98. The van der Waals surface area contributed by atoms with Crippen LogP contribution in [-0.4, -0.2) is 33.6 Å². The largest absolute Gasteiger partial charge is 0.355 e. The van der Waals surface area contributed by atoms with Crippen molar-refractivity contribution in [3.05, 3.63) is 72.7 Å². The number of carbonyl (C=O) groups is 1. The molecule has 2 N–H and O–H groups in total. The highest BCUT2D eigenvalue weighted by Gasteiger charge is 2.15. The Morgan fingerprint density at radius 2 is 1.96 bits per heavy atom. The second-order valence-corrected chi connectivity index (χ2v) is 7.01. The van der Waals surface area contributed by atoms with Gasteiger partial charge in [-0.25, -0.2) is 4.98 Å². The zero-order chi connectivity index (χ0) is 19.5. The van der Waals surface area contributed by atoms with Crippen LogP contribution in [0, 0.1) is 0 Å². The molecule has 0 saturated carbocycles. The molecule has 2 aromatic heterocycles. The number of thioether (sulfide) groups is 1. The second-order valence-electron chi connectivity index (χ2n) is 6.13. The zero-order valence-electron chi connectivity index (χ0n) is 15.5. The van der Waals surface area contributed by atoms with Gasteiger partial charge in [-0.1, -0.05) is 18.2 Å². The number of rotatable bonds is 5. The standard InChI is InChI=1S/C21H19N5OS/c1-22-21(27)15-4-3-5-16(12-15)24-20-19(14-6-8-17(28-2)9-7-14)25-18-13-23-10-11-26(18)20/h3-13,24H,1-2H3,(H,22,27). The summed E-state index contributed by atoms with van der Waals surface area (Å²) < 4.78 is 1.96. The minimum atomic E-state index is -0.126. The molecule has 1 amide bonds. The van der Waals surface area contributed by atoms with Crippen LogP contribution in [0.2, 0.25) is 0 Å². The third-order valence-electron chi connectivity index (χ3n) is 4.41. The number of nitrogens with zero attached hydrogens (tertiary/aromatic N) is 3. The Hall–Kier alpha value is -3.32. The molecule has 0 atom stereocenters. The van der Waals surface area contributed by atoms with Crippen LogP contribution in [0.3, 0.4) is 0 Å². The van der Waals surface area contributed by atoms with Crippen LogP contribution in [-0.2, 0) is 0 Å². The van der Waals surface area contributed by atoms with Crippen molar-refractivity contribution in [3.63, 3.8) is 0 Å². The van der Waals surface area contributed by atoms with E-state index in [1.54, 1.807) is 37.3 Å². The van der Waals surface area contributed by atoms with E-state index in [4.69, 9.17) is 4.98 Å². The van der Waals surface area contributed by atoms with Gasteiger partial charge in [-0.05, 0) is 36.6 Å². The molecule has 0 aliphatic carbocycles. The molecule has 28 heavy (non-hydrogen) atoms. The van der Waals surface area contributed by atoms with E-state index in [1.807, 2.05) is 28.8 Å². The molecule has 0 unspecified atom stereocenters. The predicted molar refractivity (Wildman–Crippen MR) is 113 cm³/mol. The van der Waals surface area contributed by atoms with Crippen molar-refractivity contribution in [1.29, 1.82) is 0 Å². The molecule has 140 valence electrons. The maximum absolute atomic E-state index is 12.0. The van der Waals surface area contributed by atoms with Crippen molar-refractivity contribution >= 4 is 34.8 Å². The van der Waals surface area contributed by atoms with Crippen molar-refractivity contribution in [2.45, 2.75) is 4.90 Å². The van der Waals surface area contributed by atoms with Crippen molar-refractivity contribution in [3.8, 4) is 11.3 Å². The molecule has 0 aliphatic rings. The highest BCUT2D eigenvalue weighted by molar-refractivity contribution is 7.98. The Bertz CT molecular complexity index is 1140. The van der Waals surface area contributed by atoms with E-state index in [0.717, 1.165) is 28.4 Å². The highest BCUT2D eigenvalue weighted by Crippen LogP contribution is 2.32. The fourth-order valence-corrected chi connectivity index (χ4v) is 3.40. The molecule has 2 heterocycles. The molecule has 4 rings (SSSR count). The molecular weight excluding hydrogens is 370 g/mol. The fourth-order valence-electron chi connectivity index (χ4n) is 3.00. The summed E-state index contributed by atoms with van der Waals surface area (Å²) in [6.07, 6.45) is 7.37.